The first-order chi connectivity index (χ1) is 9.24. The molecule has 0 atom stereocenters. The Balaban J connectivity index is 1.92. The predicted molar refractivity (Wildman–Crippen MR) is 68.9 cm³/mol. The molecule has 19 heavy (non-hydrogen) atoms. The first-order valence-electron chi connectivity index (χ1n) is 5.54. The third-order valence-corrected chi connectivity index (χ3v) is 2.56. The molecular formula is C12H9N5O2. The van der Waals surface area contributed by atoms with Gasteiger partial charge < -0.3 is 9.97 Å². The quantitative estimate of drug-likeness (QED) is 0.632. The summed E-state index contributed by atoms with van der Waals surface area (Å²) in [4.78, 5) is 36.4. The van der Waals surface area contributed by atoms with Crippen LogP contribution in [0.5, 0.6) is 0 Å². The summed E-state index contributed by atoms with van der Waals surface area (Å²) in [6, 6.07) is 8.72. The standard InChI is InChI=1S/C12H9N5O2/c18-10(7-4-2-1-3-5-7)17-12-15-8-9(16-12)13-6-14-11(8)19/h1-6H,(H3,13,14,15,16,17,18,19). The smallest absolute Gasteiger partial charge is 0.276 e. The van der Waals surface area contributed by atoms with Crippen molar-refractivity contribution in [2.24, 2.45) is 0 Å². The van der Waals surface area contributed by atoms with Crippen molar-refractivity contribution in [2.45, 2.75) is 0 Å². The van der Waals surface area contributed by atoms with Crippen molar-refractivity contribution in [3.8, 4) is 0 Å². The third kappa shape index (κ3) is 2.08. The number of H-pyrrole nitrogens is 2. The van der Waals surface area contributed by atoms with Crippen LogP contribution >= 0.6 is 0 Å². The third-order valence-electron chi connectivity index (χ3n) is 2.56. The topological polar surface area (TPSA) is 104 Å². The number of nitrogens with one attached hydrogen (secondary N) is 3. The summed E-state index contributed by atoms with van der Waals surface area (Å²) in [7, 11) is 0. The number of imidazole rings is 1. The Bertz CT molecular complexity index is 790. The summed E-state index contributed by atoms with van der Waals surface area (Å²) >= 11 is 0. The zero-order valence-electron chi connectivity index (χ0n) is 9.68. The average molecular weight is 255 g/mol. The lowest BCUT2D eigenvalue weighted by Crippen LogP contribution is -2.12. The summed E-state index contributed by atoms with van der Waals surface area (Å²) < 4.78 is 0. The van der Waals surface area contributed by atoms with Crippen LogP contribution in [0.1, 0.15) is 10.4 Å². The van der Waals surface area contributed by atoms with Crippen LogP contribution in [-0.4, -0.2) is 25.8 Å². The number of rotatable bonds is 2. The van der Waals surface area contributed by atoms with Gasteiger partial charge in [-0.15, -0.1) is 0 Å². The van der Waals surface area contributed by atoms with E-state index in [1.54, 1.807) is 24.3 Å². The molecule has 1 amide bonds. The number of benzene rings is 1. The maximum absolute atomic E-state index is 11.9. The van der Waals surface area contributed by atoms with E-state index in [1.807, 2.05) is 6.07 Å². The molecule has 2 heterocycles. The molecule has 0 aliphatic carbocycles. The molecular weight excluding hydrogens is 246 g/mol. The summed E-state index contributed by atoms with van der Waals surface area (Å²) in [5.41, 5.74) is 0.653. The Morgan fingerprint density at radius 2 is 2.00 bits per heavy atom. The van der Waals surface area contributed by atoms with Gasteiger partial charge in [0.05, 0.1) is 6.33 Å². The Kier molecular flexibility index (Phi) is 2.57. The highest BCUT2D eigenvalue weighted by atomic mass is 16.2. The number of amides is 1. The number of nitrogens with zero attached hydrogens (tertiary/aromatic N) is 2. The highest BCUT2D eigenvalue weighted by molar-refractivity contribution is 6.03. The van der Waals surface area contributed by atoms with Crippen LogP contribution < -0.4 is 10.9 Å². The number of anilines is 1. The van der Waals surface area contributed by atoms with Gasteiger partial charge >= 0.3 is 0 Å². The molecule has 3 rings (SSSR count). The van der Waals surface area contributed by atoms with E-state index in [-0.39, 0.29) is 28.6 Å². The molecule has 0 saturated carbocycles. The highest BCUT2D eigenvalue weighted by Gasteiger charge is 2.10. The molecule has 94 valence electrons. The molecule has 0 unspecified atom stereocenters. The molecule has 1 aromatic carbocycles. The Hall–Kier alpha value is -2.96. The van der Waals surface area contributed by atoms with Crippen LogP contribution in [0.25, 0.3) is 11.2 Å². The van der Waals surface area contributed by atoms with Crippen LogP contribution in [0.3, 0.4) is 0 Å². The maximum atomic E-state index is 11.9. The number of hydrogen-bond donors (Lipinski definition) is 3. The molecule has 0 bridgehead atoms. The van der Waals surface area contributed by atoms with Gasteiger partial charge in [0, 0.05) is 5.56 Å². The van der Waals surface area contributed by atoms with E-state index in [2.05, 4.69) is 25.3 Å². The first-order valence-corrected chi connectivity index (χ1v) is 5.54. The van der Waals surface area contributed by atoms with Crippen LogP contribution in [0, 0.1) is 0 Å². The predicted octanol–water partition coefficient (Wildman–Crippen LogP) is 0.899. The summed E-state index contributed by atoms with van der Waals surface area (Å²) in [5, 5.41) is 2.58. The zero-order chi connectivity index (χ0) is 13.2. The van der Waals surface area contributed by atoms with E-state index in [0.29, 0.717) is 5.56 Å². The normalized spacial score (nSPS) is 10.5. The van der Waals surface area contributed by atoms with E-state index >= 15 is 0 Å². The fraction of sp³-hybridized carbons (Fsp3) is 0. The highest BCUT2D eigenvalue weighted by Crippen LogP contribution is 2.08. The van der Waals surface area contributed by atoms with E-state index in [4.69, 9.17) is 0 Å². The molecule has 7 nitrogen and oxygen atoms in total. The molecule has 7 heteroatoms. The minimum absolute atomic E-state index is 0.188. The van der Waals surface area contributed by atoms with Gasteiger partial charge in [0.1, 0.15) is 0 Å². The Morgan fingerprint density at radius 1 is 1.21 bits per heavy atom. The molecule has 0 radical (unpaired) electrons. The van der Waals surface area contributed by atoms with Gasteiger partial charge in [0.25, 0.3) is 11.5 Å². The second-order valence-corrected chi connectivity index (χ2v) is 3.84. The van der Waals surface area contributed by atoms with Crippen molar-refractivity contribution in [2.75, 3.05) is 5.32 Å². The van der Waals surface area contributed by atoms with Crippen LogP contribution in [-0.2, 0) is 0 Å². The van der Waals surface area contributed by atoms with Gasteiger partial charge in [0.15, 0.2) is 11.2 Å². The SMILES string of the molecule is O=C(Nc1nc2nc[nH]c(=O)c2[nH]1)c1ccccc1. The monoisotopic (exact) mass is 255 g/mol. The van der Waals surface area contributed by atoms with Crippen molar-refractivity contribution in [1.82, 2.24) is 19.9 Å². The van der Waals surface area contributed by atoms with Gasteiger partial charge in [-0.05, 0) is 12.1 Å². The minimum atomic E-state index is -0.335. The zero-order valence-corrected chi connectivity index (χ0v) is 9.68. The molecule has 0 aliphatic heterocycles. The molecule has 0 aliphatic rings. The number of hydrogen-bond acceptors (Lipinski definition) is 4. The number of carbonyl (C=O) groups is 1. The summed E-state index contributed by atoms with van der Waals surface area (Å²) in [5.74, 6) is -0.121. The van der Waals surface area contributed by atoms with E-state index in [0.717, 1.165) is 0 Å². The summed E-state index contributed by atoms with van der Waals surface area (Å²) in [6.45, 7) is 0. The molecule has 3 aromatic rings. The van der Waals surface area contributed by atoms with Crippen molar-refractivity contribution in [3.63, 3.8) is 0 Å². The van der Waals surface area contributed by atoms with Crippen molar-refractivity contribution >= 4 is 23.0 Å². The van der Waals surface area contributed by atoms with Crippen molar-refractivity contribution < 1.29 is 4.79 Å². The van der Waals surface area contributed by atoms with E-state index in [9.17, 15) is 9.59 Å². The first kappa shape index (κ1) is 11.1. The Morgan fingerprint density at radius 3 is 2.74 bits per heavy atom. The van der Waals surface area contributed by atoms with Gasteiger partial charge in [-0.1, -0.05) is 18.2 Å². The summed E-state index contributed by atoms with van der Waals surface area (Å²) in [6.07, 6.45) is 1.26. The second kappa shape index (κ2) is 4.37. The van der Waals surface area contributed by atoms with Crippen LogP contribution in [0.4, 0.5) is 5.95 Å². The number of aromatic nitrogens is 4. The molecule has 3 N–H and O–H groups in total. The maximum Gasteiger partial charge on any atom is 0.276 e. The van der Waals surface area contributed by atoms with E-state index < -0.39 is 0 Å². The fourth-order valence-electron chi connectivity index (χ4n) is 1.67. The minimum Gasteiger partial charge on any atom is -0.318 e. The largest absolute Gasteiger partial charge is 0.318 e. The Labute approximate surface area is 106 Å². The fourth-order valence-corrected chi connectivity index (χ4v) is 1.67. The number of aromatic amines is 2. The lowest BCUT2D eigenvalue weighted by atomic mass is 10.2. The molecule has 0 fully saturated rings. The lowest BCUT2D eigenvalue weighted by Gasteiger charge is -2.00. The number of fused-ring (bicyclic) bond motifs is 1. The second-order valence-electron chi connectivity index (χ2n) is 3.84. The average Bonchev–Trinajstić information content (AvgIpc) is 2.84. The van der Waals surface area contributed by atoms with Crippen LogP contribution in [0.15, 0.2) is 41.5 Å². The molecule has 2 aromatic heterocycles. The van der Waals surface area contributed by atoms with Gasteiger partial charge in [0.2, 0.25) is 5.95 Å². The van der Waals surface area contributed by atoms with Crippen molar-refractivity contribution in [3.05, 3.63) is 52.6 Å². The van der Waals surface area contributed by atoms with Gasteiger partial charge in [-0.3, -0.25) is 14.9 Å². The van der Waals surface area contributed by atoms with E-state index in [1.165, 1.54) is 6.33 Å². The van der Waals surface area contributed by atoms with Crippen LogP contribution in [0.2, 0.25) is 0 Å². The van der Waals surface area contributed by atoms with Crippen molar-refractivity contribution in [1.29, 1.82) is 0 Å². The number of carbonyl (C=O) groups excluding carboxylic acids is 1. The van der Waals surface area contributed by atoms with Gasteiger partial charge in [-0.25, -0.2) is 4.98 Å². The van der Waals surface area contributed by atoms with Gasteiger partial charge in [-0.2, -0.15) is 4.98 Å². The lowest BCUT2D eigenvalue weighted by molar-refractivity contribution is 0.102. The molecule has 0 spiro atoms. The molecule has 0 saturated heterocycles.